The number of nitrogens with zero attached hydrogens (tertiary/aromatic N) is 3. The van der Waals surface area contributed by atoms with Crippen molar-refractivity contribution in [2.24, 2.45) is 0 Å². The average Bonchev–Trinajstić information content (AvgIpc) is 3.01. The topological polar surface area (TPSA) is 63.1 Å². The van der Waals surface area contributed by atoms with Crippen LogP contribution in [0.2, 0.25) is 0 Å². The van der Waals surface area contributed by atoms with Gasteiger partial charge in [-0.15, -0.1) is 0 Å². The largest absolute Gasteiger partial charge is 0.268 e. The molecule has 0 aliphatic carbocycles. The first kappa shape index (κ1) is 17.1. The highest BCUT2D eigenvalue weighted by molar-refractivity contribution is 9.10. The van der Waals surface area contributed by atoms with Crippen LogP contribution in [0.3, 0.4) is 0 Å². The van der Waals surface area contributed by atoms with Crippen LogP contribution in [0.25, 0.3) is 17.0 Å². The van der Waals surface area contributed by atoms with E-state index in [4.69, 9.17) is 4.98 Å². The van der Waals surface area contributed by atoms with Crippen LogP contribution in [0, 0.1) is 6.92 Å². The molecule has 130 valence electrons. The predicted molar refractivity (Wildman–Crippen MR) is 107 cm³/mol. The van der Waals surface area contributed by atoms with E-state index in [9.17, 15) is 4.79 Å². The van der Waals surface area contributed by atoms with Gasteiger partial charge < -0.3 is 0 Å². The molecule has 2 heterocycles. The Bertz CT molecular complexity index is 1130. The molecule has 0 saturated carbocycles. The second-order valence-corrected chi connectivity index (χ2v) is 7.79. The lowest BCUT2D eigenvalue weighted by Gasteiger charge is -2.08. The lowest BCUT2D eigenvalue weighted by Crippen LogP contribution is -2.04. The number of aromatic amines is 1. The third-order valence-electron chi connectivity index (χ3n) is 3.88. The first-order chi connectivity index (χ1) is 12.6. The molecular formula is C19H15BrN4OS. The summed E-state index contributed by atoms with van der Waals surface area (Å²) in [5, 5.41) is 3.48. The van der Waals surface area contributed by atoms with Gasteiger partial charge >= 0.3 is 0 Å². The van der Waals surface area contributed by atoms with Gasteiger partial charge in [0, 0.05) is 21.9 Å². The molecule has 0 aliphatic heterocycles. The lowest BCUT2D eigenvalue weighted by molar-refractivity contribution is 0.766. The number of aryl methyl sites for hydroxylation is 1. The number of nitrogens with one attached hydrogen (secondary N) is 1. The summed E-state index contributed by atoms with van der Waals surface area (Å²) in [6.07, 6.45) is 0. The Hall–Kier alpha value is -2.38. The number of rotatable bonds is 4. The van der Waals surface area contributed by atoms with Gasteiger partial charge in [0.05, 0.1) is 0 Å². The van der Waals surface area contributed by atoms with Crippen LogP contribution < -0.4 is 5.56 Å². The maximum atomic E-state index is 11.8. The van der Waals surface area contributed by atoms with Crippen molar-refractivity contribution in [3.05, 3.63) is 80.6 Å². The highest BCUT2D eigenvalue weighted by Crippen LogP contribution is 2.25. The summed E-state index contributed by atoms with van der Waals surface area (Å²) in [6, 6.07) is 17.7. The number of hydrogen-bond acceptors (Lipinski definition) is 4. The zero-order chi connectivity index (χ0) is 18.1. The van der Waals surface area contributed by atoms with E-state index in [1.807, 2.05) is 43.3 Å². The standard InChI is InChI=1S/C19H15BrN4OS/c1-12-3-2-4-14(9-12)18-21-16-10-17(25)23-24(16)19(22-18)26-11-13-5-7-15(20)8-6-13/h2-10H,11H2,1H3,(H,23,25). The van der Waals surface area contributed by atoms with Crippen LogP contribution in [-0.4, -0.2) is 19.6 Å². The van der Waals surface area contributed by atoms with Crippen LogP contribution in [0.5, 0.6) is 0 Å². The summed E-state index contributed by atoms with van der Waals surface area (Å²) in [5.41, 5.74) is 3.63. The molecule has 0 radical (unpaired) electrons. The number of aromatic nitrogens is 4. The molecule has 5 nitrogen and oxygen atoms in total. The first-order valence-electron chi connectivity index (χ1n) is 8.02. The number of thioether (sulfide) groups is 1. The van der Waals surface area contributed by atoms with Crippen molar-refractivity contribution in [3.63, 3.8) is 0 Å². The maximum Gasteiger partial charge on any atom is 0.266 e. The number of H-pyrrole nitrogens is 1. The Morgan fingerprint density at radius 3 is 2.69 bits per heavy atom. The van der Waals surface area contributed by atoms with Crippen molar-refractivity contribution in [1.82, 2.24) is 19.6 Å². The first-order valence-corrected chi connectivity index (χ1v) is 9.80. The highest BCUT2D eigenvalue weighted by atomic mass is 79.9. The molecular weight excluding hydrogens is 412 g/mol. The molecule has 2 aromatic carbocycles. The molecule has 0 aliphatic rings. The van der Waals surface area contributed by atoms with Gasteiger partial charge in [0.2, 0.25) is 0 Å². The number of benzene rings is 2. The van der Waals surface area contributed by atoms with E-state index in [2.05, 4.69) is 38.1 Å². The minimum atomic E-state index is -0.189. The van der Waals surface area contributed by atoms with Crippen LogP contribution in [0.1, 0.15) is 11.1 Å². The molecule has 2 aromatic heterocycles. The van der Waals surface area contributed by atoms with E-state index in [1.54, 1.807) is 16.3 Å². The Morgan fingerprint density at radius 2 is 1.92 bits per heavy atom. The molecule has 7 heteroatoms. The second kappa shape index (κ2) is 7.09. The number of fused-ring (bicyclic) bond motifs is 1. The molecule has 0 amide bonds. The molecule has 0 unspecified atom stereocenters. The van der Waals surface area contributed by atoms with Crippen LogP contribution in [0.15, 0.2) is 69.0 Å². The fourth-order valence-corrected chi connectivity index (χ4v) is 3.79. The predicted octanol–water partition coefficient (Wildman–Crippen LogP) is 4.45. The van der Waals surface area contributed by atoms with Gasteiger partial charge in [-0.1, -0.05) is 63.6 Å². The van der Waals surface area contributed by atoms with Crippen molar-refractivity contribution >= 4 is 33.3 Å². The quantitative estimate of drug-likeness (QED) is 0.489. The fourth-order valence-electron chi connectivity index (χ4n) is 2.62. The van der Waals surface area contributed by atoms with E-state index >= 15 is 0 Å². The summed E-state index contributed by atoms with van der Waals surface area (Å²) in [4.78, 5) is 21.0. The number of halogens is 1. The minimum Gasteiger partial charge on any atom is -0.268 e. The third kappa shape index (κ3) is 3.59. The average molecular weight is 427 g/mol. The smallest absolute Gasteiger partial charge is 0.266 e. The summed E-state index contributed by atoms with van der Waals surface area (Å²) in [5.74, 6) is 1.36. The molecule has 26 heavy (non-hydrogen) atoms. The monoisotopic (exact) mass is 426 g/mol. The Labute approximate surface area is 162 Å². The number of hydrogen-bond donors (Lipinski definition) is 1. The molecule has 0 spiro atoms. The normalized spacial score (nSPS) is 11.2. The maximum absolute atomic E-state index is 11.8. The van der Waals surface area contributed by atoms with Crippen LogP contribution in [0.4, 0.5) is 0 Å². The van der Waals surface area contributed by atoms with Gasteiger partial charge in [-0.2, -0.15) is 0 Å². The molecule has 1 N–H and O–H groups in total. The lowest BCUT2D eigenvalue weighted by atomic mass is 10.1. The molecule has 0 saturated heterocycles. The SMILES string of the molecule is Cc1cccc(-c2nc(SCc3ccc(Br)cc3)n3[nH]c(=O)cc3n2)c1. The van der Waals surface area contributed by atoms with Crippen molar-refractivity contribution in [2.45, 2.75) is 17.8 Å². The van der Waals surface area contributed by atoms with Crippen molar-refractivity contribution in [3.8, 4) is 11.4 Å². The van der Waals surface area contributed by atoms with Gasteiger partial charge in [-0.05, 0) is 30.7 Å². The van der Waals surface area contributed by atoms with E-state index in [0.29, 0.717) is 16.6 Å². The van der Waals surface area contributed by atoms with Crippen molar-refractivity contribution in [2.75, 3.05) is 0 Å². The molecule has 0 atom stereocenters. The molecule has 4 aromatic rings. The third-order valence-corrected chi connectivity index (χ3v) is 5.42. The van der Waals surface area contributed by atoms with E-state index in [1.165, 1.54) is 11.6 Å². The summed E-state index contributed by atoms with van der Waals surface area (Å²) in [7, 11) is 0. The summed E-state index contributed by atoms with van der Waals surface area (Å²) >= 11 is 5.01. The summed E-state index contributed by atoms with van der Waals surface area (Å²) < 4.78 is 2.69. The van der Waals surface area contributed by atoms with E-state index in [0.717, 1.165) is 21.4 Å². The Kier molecular flexibility index (Phi) is 4.65. The van der Waals surface area contributed by atoms with E-state index < -0.39 is 0 Å². The van der Waals surface area contributed by atoms with Crippen LogP contribution in [-0.2, 0) is 5.75 Å². The Morgan fingerprint density at radius 1 is 1.12 bits per heavy atom. The van der Waals surface area contributed by atoms with Gasteiger partial charge in [0.15, 0.2) is 16.6 Å². The van der Waals surface area contributed by atoms with Crippen molar-refractivity contribution in [1.29, 1.82) is 0 Å². The van der Waals surface area contributed by atoms with Gasteiger partial charge in [0.25, 0.3) is 5.56 Å². The minimum absolute atomic E-state index is 0.189. The zero-order valence-electron chi connectivity index (χ0n) is 13.9. The van der Waals surface area contributed by atoms with Crippen LogP contribution >= 0.6 is 27.7 Å². The van der Waals surface area contributed by atoms with Gasteiger partial charge in [-0.3, -0.25) is 9.89 Å². The fraction of sp³-hybridized carbons (Fsp3) is 0.105. The van der Waals surface area contributed by atoms with E-state index in [-0.39, 0.29) is 5.56 Å². The van der Waals surface area contributed by atoms with Gasteiger partial charge in [-0.25, -0.2) is 14.5 Å². The highest BCUT2D eigenvalue weighted by Gasteiger charge is 2.12. The summed E-state index contributed by atoms with van der Waals surface area (Å²) in [6.45, 7) is 2.03. The zero-order valence-corrected chi connectivity index (χ0v) is 16.3. The second-order valence-electron chi connectivity index (χ2n) is 5.93. The van der Waals surface area contributed by atoms with Gasteiger partial charge in [0.1, 0.15) is 0 Å². The molecule has 0 bridgehead atoms. The molecule has 4 rings (SSSR count). The Balaban J connectivity index is 1.74. The van der Waals surface area contributed by atoms with Crippen molar-refractivity contribution < 1.29 is 0 Å². The molecule has 0 fully saturated rings.